The van der Waals surface area contributed by atoms with Crippen molar-refractivity contribution in [3.8, 4) is 0 Å². The van der Waals surface area contributed by atoms with Crippen molar-refractivity contribution in [3.05, 3.63) is 0 Å². The van der Waals surface area contributed by atoms with Crippen molar-refractivity contribution in [2.75, 3.05) is 26.2 Å². The predicted octanol–water partition coefficient (Wildman–Crippen LogP) is 3.52. The van der Waals surface area contributed by atoms with Crippen LogP contribution < -0.4 is 5.32 Å². The molecule has 2 N–H and O–H groups in total. The van der Waals surface area contributed by atoms with E-state index >= 15 is 0 Å². The van der Waals surface area contributed by atoms with E-state index in [2.05, 4.69) is 58.7 Å². The van der Waals surface area contributed by atoms with E-state index in [0.29, 0.717) is 6.04 Å². The topological polar surface area (TPSA) is 35.5 Å². The SMILES string of the molecule is CC(C)CN(CCCCC(C)(CO)NC(C)C)CC(C)C. The van der Waals surface area contributed by atoms with Crippen LogP contribution in [0.3, 0.4) is 0 Å². The molecule has 128 valence electrons. The van der Waals surface area contributed by atoms with E-state index in [1.807, 2.05) is 0 Å². The Morgan fingerprint density at radius 1 is 0.952 bits per heavy atom. The summed E-state index contributed by atoms with van der Waals surface area (Å²) in [4.78, 5) is 2.60. The lowest BCUT2D eigenvalue weighted by atomic mass is 9.94. The zero-order valence-corrected chi connectivity index (χ0v) is 15.6. The molecule has 0 radical (unpaired) electrons. The lowest BCUT2D eigenvalue weighted by molar-refractivity contribution is 0.150. The Labute approximate surface area is 133 Å². The normalized spacial score (nSPS) is 15.4. The summed E-state index contributed by atoms with van der Waals surface area (Å²) in [6.45, 7) is 19.4. The Balaban J connectivity index is 4.12. The summed E-state index contributed by atoms with van der Waals surface area (Å²) in [5, 5.41) is 13.1. The molecule has 0 saturated carbocycles. The van der Waals surface area contributed by atoms with Gasteiger partial charge in [-0.3, -0.25) is 0 Å². The summed E-state index contributed by atoms with van der Waals surface area (Å²) < 4.78 is 0. The molecule has 0 heterocycles. The van der Waals surface area contributed by atoms with Crippen LogP contribution in [0.25, 0.3) is 0 Å². The molecule has 3 heteroatoms. The maximum atomic E-state index is 9.61. The minimum absolute atomic E-state index is 0.130. The highest BCUT2D eigenvalue weighted by molar-refractivity contribution is 4.83. The average Bonchev–Trinajstić information content (AvgIpc) is 2.32. The molecule has 0 aliphatic rings. The van der Waals surface area contributed by atoms with E-state index in [0.717, 1.165) is 18.3 Å². The number of unbranched alkanes of at least 4 members (excludes halogenated alkanes) is 1. The van der Waals surface area contributed by atoms with Crippen LogP contribution in [0.15, 0.2) is 0 Å². The summed E-state index contributed by atoms with van der Waals surface area (Å²) in [6, 6.07) is 0.417. The van der Waals surface area contributed by atoms with Gasteiger partial charge in [-0.25, -0.2) is 0 Å². The van der Waals surface area contributed by atoms with Crippen LogP contribution in [-0.4, -0.2) is 47.8 Å². The van der Waals surface area contributed by atoms with Crippen molar-refractivity contribution in [1.82, 2.24) is 10.2 Å². The van der Waals surface area contributed by atoms with Crippen LogP contribution in [0.2, 0.25) is 0 Å². The van der Waals surface area contributed by atoms with Crippen molar-refractivity contribution < 1.29 is 5.11 Å². The van der Waals surface area contributed by atoms with Gasteiger partial charge >= 0.3 is 0 Å². The van der Waals surface area contributed by atoms with Gasteiger partial charge in [0.25, 0.3) is 0 Å². The molecule has 0 aromatic heterocycles. The maximum absolute atomic E-state index is 9.61. The molecule has 0 saturated heterocycles. The van der Waals surface area contributed by atoms with Crippen molar-refractivity contribution >= 4 is 0 Å². The lowest BCUT2D eigenvalue weighted by Gasteiger charge is -2.32. The Hall–Kier alpha value is -0.120. The van der Waals surface area contributed by atoms with Crippen molar-refractivity contribution in [2.45, 2.75) is 79.3 Å². The molecule has 0 spiro atoms. The first-order chi connectivity index (χ1) is 9.68. The van der Waals surface area contributed by atoms with Crippen LogP contribution in [0, 0.1) is 11.8 Å². The van der Waals surface area contributed by atoms with Crippen LogP contribution in [0.1, 0.15) is 67.7 Å². The summed E-state index contributed by atoms with van der Waals surface area (Å²) in [6.07, 6.45) is 3.43. The zero-order valence-electron chi connectivity index (χ0n) is 15.6. The maximum Gasteiger partial charge on any atom is 0.0610 e. The largest absolute Gasteiger partial charge is 0.394 e. The fraction of sp³-hybridized carbons (Fsp3) is 1.00. The fourth-order valence-electron chi connectivity index (χ4n) is 3.03. The molecule has 0 aliphatic heterocycles. The van der Waals surface area contributed by atoms with E-state index in [-0.39, 0.29) is 12.1 Å². The number of nitrogens with zero attached hydrogens (tertiary/aromatic N) is 1. The third-order valence-corrected chi connectivity index (χ3v) is 3.69. The second kappa shape index (κ2) is 10.6. The number of aliphatic hydroxyl groups excluding tert-OH is 1. The molecule has 0 amide bonds. The van der Waals surface area contributed by atoms with E-state index in [1.165, 1.54) is 32.5 Å². The third-order valence-electron chi connectivity index (χ3n) is 3.69. The summed E-state index contributed by atoms with van der Waals surface area (Å²) in [7, 11) is 0. The highest BCUT2D eigenvalue weighted by Crippen LogP contribution is 2.15. The van der Waals surface area contributed by atoms with E-state index in [4.69, 9.17) is 0 Å². The number of hydrogen-bond acceptors (Lipinski definition) is 3. The van der Waals surface area contributed by atoms with Gasteiger partial charge in [0.05, 0.1) is 6.61 Å². The lowest BCUT2D eigenvalue weighted by Crippen LogP contribution is -2.49. The van der Waals surface area contributed by atoms with Gasteiger partial charge in [-0.05, 0) is 38.1 Å². The van der Waals surface area contributed by atoms with Crippen molar-refractivity contribution in [1.29, 1.82) is 0 Å². The molecular formula is C18H40N2O. The first-order valence-electron chi connectivity index (χ1n) is 8.79. The zero-order chi connectivity index (χ0) is 16.5. The van der Waals surface area contributed by atoms with Crippen LogP contribution in [0.4, 0.5) is 0 Å². The quantitative estimate of drug-likeness (QED) is 0.541. The van der Waals surface area contributed by atoms with Crippen LogP contribution in [0.5, 0.6) is 0 Å². The second-order valence-electron chi connectivity index (χ2n) is 8.02. The molecule has 0 fully saturated rings. The summed E-state index contributed by atoms with van der Waals surface area (Å²) >= 11 is 0. The number of hydrogen-bond donors (Lipinski definition) is 2. The predicted molar refractivity (Wildman–Crippen MR) is 93.7 cm³/mol. The molecule has 0 bridgehead atoms. The Kier molecular flexibility index (Phi) is 10.5. The number of rotatable bonds is 12. The molecular weight excluding hydrogens is 260 g/mol. The molecule has 3 nitrogen and oxygen atoms in total. The molecule has 1 unspecified atom stereocenters. The first kappa shape index (κ1) is 20.9. The van der Waals surface area contributed by atoms with Gasteiger partial charge in [-0.1, -0.05) is 48.0 Å². The minimum atomic E-state index is -0.130. The van der Waals surface area contributed by atoms with Gasteiger partial charge in [0.2, 0.25) is 0 Å². The molecule has 0 rings (SSSR count). The second-order valence-corrected chi connectivity index (χ2v) is 8.02. The summed E-state index contributed by atoms with van der Waals surface area (Å²) in [5.41, 5.74) is -0.130. The first-order valence-corrected chi connectivity index (χ1v) is 8.79. The van der Waals surface area contributed by atoms with E-state index in [1.54, 1.807) is 0 Å². The van der Waals surface area contributed by atoms with Crippen LogP contribution >= 0.6 is 0 Å². The number of aliphatic hydroxyl groups is 1. The highest BCUT2D eigenvalue weighted by Gasteiger charge is 2.23. The fourth-order valence-corrected chi connectivity index (χ4v) is 3.03. The standard InChI is InChI=1S/C18H40N2O/c1-15(2)12-20(13-16(3)4)11-9-8-10-18(7,14-21)19-17(5)6/h15-17,19,21H,8-14H2,1-7H3. The monoisotopic (exact) mass is 300 g/mol. The smallest absolute Gasteiger partial charge is 0.0610 e. The Morgan fingerprint density at radius 3 is 1.86 bits per heavy atom. The summed E-state index contributed by atoms with van der Waals surface area (Å²) in [5.74, 6) is 1.46. The molecule has 21 heavy (non-hydrogen) atoms. The van der Waals surface area contributed by atoms with Gasteiger partial charge < -0.3 is 15.3 Å². The van der Waals surface area contributed by atoms with Gasteiger partial charge in [-0.15, -0.1) is 0 Å². The third kappa shape index (κ3) is 11.1. The van der Waals surface area contributed by atoms with Gasteiger partial charge in [0.15, 0.2) is 0 Å². The molecule has 0 aromatic carbocycles. The molecule has 0 aromatic rings. The Morgan fingerprint density at radius 2 is 1.48 bits per heavy atom. The van der Waals surface area contributed by atoms with Gasteiger partial charge in [-0.2, -0.15) is 0 Å². The van der Waals surface area contributed by atoms with E-state index in [9.17, 15) is 5.11 Å². The average molecular weight is 301 g/mol. The minimum Gasteiger partial charge on any atom is -0.394 e. The van der Waals surface area contributed by atoms with Crippen molar-refractivity contribution in [3.63, 3.8) is 0 Å². The highest BCUT2D eigenvalue weighted by atomic mass is 16.3. The van der Waals surface area contributed by atoms with E-state index < -0.39 is 0 Å². The van der Waals surface area contributed by atoms with Crippen LogP contribution in [-0.2, 0) is 0 Å². The number of nitrogens with one attached hydrogen (secondary N) is 1. The van der Waals surface area contributed by atoms with Crippen molar-refractivity contribution in [2.24, 2.45) is 11.8 Å². The van der Waals surface area contributed by atoms with Gasteiger partial charge in [0.1, 0.15) is 0 Å². The molecule has 0 aliphatic carbocycles. The van der Waals surface area contributed by atoms with Gasteiger partial charge in [0, 0.05) is 24.7 Å². The Bertz CT molecular complexity index is 244. The molecule has 1 atom stereocenters.